The van der Waals surface area contributed by atoms with Gasteiger partial charge in [0.1, 0.15) is 12.0 Å². The number of benzene rings is 3. The minimum absolute atomic E-state index is 0.0341. The minimum atomic E-state index is -3.90. The number of fused-ring (bicyclic) bond motifs is 1. The van der Waals surface area contributed by atoms with Crippen LogP contribution in [-0.2, 0) is 25.2 Å². The molecule has 1 aliphatic heterocycles. The molecule has 0 saturated carbocycles. The van der Waals surface area contributed by atoms with Crippen molar-refractivity contribution in [2.24, 2.45) is 5.92 Å². The number of aromatic amines is 1. The maximum absolute atomic E-state index is 14.1. The van der Waals surface area contributed by atoms with Crippen LogP contribution in [-0.4, -0.2) is 34.9 Å². The number of rotatable bonds is 12. The summed E-state index contributed by atoms with van der Waals surface area (Å²) in [5, 5.41) is 4.99. The zero-order chi connectivity index (χ0) is 29.7. The molecule has 0 bridgehead atoms. The van der Waals surface area contributed by atoms with Crippen LogP contribution in [0.2, 0.25) is 0 Å². The van der Waals surface area contributed by atoms with Crippen molar-refractivity contribution in [3.05, 3.63) is 111 Å². The first-order valence-corrected chi connectivity index (χ1v) is 15.5. The highest BCUT2D eigenvalue weighted by atomic mass is 31.2. The molecule has 0 aliphatic carbocycles. The van der Waals surface area contributed by atoms with Gasteiger partial charge in [-0.3, -0.25) is 18.9 Å². The smallest absolute Gasteiger partial charge is 0.413 e. The summed E-state index contributed by atoms with van der Waals surface area (Å²) in [6.07, 6.45) is 0.929. The highest BCUT2D eigenvalue weighted by Gasteiger charge is 2.37. The maximum Gasteiger partial charge on any atom is 0.459 e. The number of H-pyrrole nitrogens is 1. The molecule has 0 spiro atoms. The van der Waals surface area contributed by atoms with Gasteiger partial charge in [-0.2, -0.15) is 0 Å². The van der Waals surface area contributed by atoms with E-state index in [2.05, 4.69) is 10.1 Å². The Balaban J connectivity index is 1.27. The summed E-state index contributed by atoms with van der Waals surface area (Å²) in [5.41, 5.74) is 1.20. The molecule has 2 N–H and O–H groups in total. The molecule has 5 unspecified atom stereocenters. The lowest BCUT2D eigenvalue weighted by Gasteiger charge is -2.25. The van der Waals surface area contributed by atoms with Gasteiger partial charge in [-0.25, -0.2) is 14.4 Å². The summed E-state index contributed by atoms with van der Waals surface area (Å²) in [4.78, 5) is 26.1. The van der Waals surface area contributed by atoms with Gasteiger partial charge in [0.05, 0.1) is 25.9 Å². The van der Waals surface area contributed by atoms with Crippen LogP contribution in [0.3, 0.4) is 0 Å². The van der Waals surface area contributed by atoms with Crippen LogP contribution >= 0.6 is 7.75 Å². The third kappa shape index (κ3) is 7.45. The van der Waals surface area contributed by atoms with Gasteiger partial charge in [0.15, 0.2) is 0 Å². The van der Waals surface area contributed by atoms with E-state index in [-0.39, 0.29) is 25.2 Å². The molecule has 0 radical (unpaired) electrons. The average molecular weight is 594 g/mol. The third-order valence-electron chi connectivity index (χ3n) is 7.22. The Morgan fingerprint density at radius 3 is 2.62 bits per heavy atom. The Hall–Kier alpha value is -3.53. The van der Waals surface area contributed by atoms with Gasteiger partial charge >= 0.3 is 13.4 Å². The van der Waals surface area contributed by atoms with Crippen molar-refractivity contribution >= 4 is 18.5 Å². The van der Waals surface area contributed by atoms with E-state index in [0.717, 1.165) is 21.9 Å². The molecular weight excluding hydrogens is 557 g/mol. The summed E-state index contributed by atoms with van der Waals surface area (Å²) < 4.78 is 39.5. The minimum Gasteiger partial charge on any atom is -0.413 e. The Bertz CT molecular complexity index is 1690. The first kappa shape index (κ1) is 29.9. The summed E-state index contributed by atoms with van der Waals surface area (Å²) in [7, 11) is -3.90. The Morgan fingerprint density at radius 1 is 1.07 bits per heavy atom. The number of hydrogen-bond donors (Lipinski definition) is 2. The quantitative estimate of drug-likeness (QED) is 0.212. The van der Waals surface area contributed by atoms with Crippen LogP contribution in [0.1, 0.15) is 37.6 Å². The predicted octanol–water partition coefficient (Wildman–Crippen LogP) is 5.32. The van der Waals surface area contributed by atoms with Gasteiger partial charge in [0.2, 0.25) is 0 Å². The standard InChI is InChI=1S/C31H36N3O7P/c1-21-8-4-5-11-26(21)19-38-18-23(3)33-42(37,41-27-13-12-24-9-6-7-10-25(24)17-27)39-20-28-16-22(2)30(40-28)34-15-14-29(35)32-31(34)36/h4-15,17,22-23,28,30H,16,18-20H2,1-3H3,(H,33,37)(H,32,35,36). The lowest BCUT2D eigenvalue weighted by Crippen LogP contribution is -2.33. The van der Waals surface area contributed by atoms with Gasteiger partial charge < -0.3 is 14.0 Å². The summed E-state index contributed by atoms with van der Waals surface area (Å²) in [6, 6.07) is 22.2. The molecular formula is C31H36N3O7P. The highest BCUT2D eigenvalue weighted by molar-refractivity contribution is 7.52. The van der Waals surface area contributed by atoms with Crippen molar-refractivity contribution < 1.29 is 23.1 Å². The fourth-order valence-corrected chi connectivity index (χ4v) is 6.60. The number of nitrogens with one attached hydrogen (secondary N) is 2. The third-order valence-corrected chi connectivity index (χ3v) is 8.92. The maximum atomic E-state index is 14.1. The number of aromatic nitrogens is 2. The molecule has 5 rings (SSSR count). The molecule has 2 heterocycles. The van der Waals surface area contributed by atoms with E-state index in [1.165, 1.54) is 16.8 Å². The van der Waals surface area contributed by atoms with E-state index in [9.17, 15) is 14.2 Å². The fraction of sp³-hybridized carbons (Fsp3) is 0.355. The summed E-state index contributed by atoms with van der Waals surface area (Å²) in [6.45, 7) is 6.49. The molecule has 1 aliphatic rings. The second kappa shape index (κ2) is 13.2. The topological polar surface area (TPSA) is 121 Å². The second-order valence-corrected chi connectivity index (χ2v) is 12.4. The highest BCUT2D eigenvalue weighted by Crippen LogP contribution is 2.46. The van der Waals surface area contributed by atoms with Crippen LogP contribution in [0.15, 0.2) is 88.6 Å². The molecule has 0 amide bonds. The van der Waals surface area contributed by atoms with Crippen molar-refractivity contribution in [3.8, 4) is 5.75 Å². The number of ether oxygens (including phenoxy) is 2. The van der Waals surface area contributed by atoms with Crippen molar-refractivity contribution in [1.29, 1.82) is 0 Å². The SMILES string of the molecule is Cc1ccccc1COCC(C)NP(=O)(OCC1CC(C)C(n2ccc(=O)[nH]c2=O)O1)Oc1ccc2ccccc2c1. The van der Waals surface area contributed by atoms with Gasteiger partial charge in [0.25, 0.3) is 5.56 Å². The Labute approximate surface area is 244 Å². The lowest BCUT2D eigenvalue weighted by atomic mass is 10.1. The van der Waals surface area contributed by atoms with Crippen molar-refractivity contribution in [2.75, 3.05) is 13.2 Å². The molecule has 4 aromatic rings. The number of aryl methyl sites for hydroxylation is 1. The number of hydrogen-bond acceptors (Lipinski definition) is 7. The van der Waals surface area contributed by atoms with Crippen molar-refractivity contribution in [3.63, 3.8) is 0 Å². The molecule has 11 heteroatoms. The van der Waals surface area contributed by atoms with Crippen LogP contribution < -0.4 is 20.9 Å². The van der Waals surface area contributed by atoms with E-state index in [4.69, 9.17) is 18.5 Å². The zero-order valence-corrected chi connectivity index (χ0v) is 24.8. The number of nitrogens with zero attached hydrogens (tertiary/aromatic N) is 1. The van der Waals surface area contributed by atoms with E-state index in [1.807, 2.05) is 81.4 Å². The molecule has 42 heavy (non-hydrogen) atoms. The largest absolute Gasteiger partial charge is 0.459 e. The van der Waals surface area contributed by atoms with Crippen LogP contribution in [0.25, 0.3) is 10.8 Å². The molecule has 10 nitrogen and oxygen atoms in total. The van der Waals surface area contributed by atoms with Gasteiger partial charge in [-0.15, -0.1) is 0 Å². The normalized spacial score (nSPS) is 20.8. The molecule has 3 aromatic carbocycles. The second-order valence-electron chi connectivity index (χ2n) is 10.7. The van der Waals surface area contributed by atoms with Crippen LogP contribution in [0.5, 0.6) is 5.75 Å². The van der Waals surface area contributed by atoms with Crippen LogP contribution in [0, 0.1) is 12.8 Å². The summed E-state index contributed by atoms with van der Waals surface area (Å²) in [5.74, 6) is 0.348. The Morgan fingerprint density at radius 2 is 1.83 bits per heavy atom. The molecule has 1 fully saturated rings. The molecule has 222 valence electrons. The van der Waals surface area contributed by atoms with Gasteiger partial charge in [0, 0.05) is 24.2 Å². The Kier molecular flexibility index (Phi) is 9.40. The van der Waals surface area contributed by atoms with Crippen molar-refractivity contribution in [1.82, 2.24) is 14.6 Å². The van der Waals surface area contributed by atoms with Crippen LogP contribution in [0.4, 0.5) is 0 Å². The monoisotopic (exact) mass is 593 g/mol. The van der Waals surface area contributed by atoms with E-state index in [1.54, 1.807) is 6.07 Å². The predicted molar refractivity (Wildman–Crippen MR) is 161 cm³/mol. The van der Waals surface area contributed by atoms with E-state index < -0.39 is 31.3 Å². The lowest BCUT2D eigenvalue weighted by molar-refractivity contribution is -0.0311. The first-order chi connectivity index (χ1) is 20.2. The van der Waals surface area contributed by atoms with Gasteiger partial charge in [-0.05, 0) is 54.3 Å². The summed E-state index contributed by atoms with van der Waals surface area (Å²) >= 11 is 0. The zero-order valence-electron chi connectivity index (χ0n) is 23.9. The molecule has 1 aromatic heterocycles. The first-order valence-electron chi connectivity index (χ1n) is 14.0. The van der Waals surface area contributed by atoms with Gasteiger partial charge in [-0.1, -0.05) is 61.5 Å². The fourth-order valence-electron chi connectivity index (χ4n) is 5.05. The van der Waals surface area contributed by atoms with E-state index in [0.29, 0.717) is 18.8 Å². The molecule has 5 atom stereocenters. The average Bonchev–Trinajstić information content (AvgIpc) is 3.33. The van der Waals surface area contributed by atoms with E-state index >= 15 is 0 Å². The van der Waals surface area contributed by atoms with Crippen molar-refractivity contribution in [2.45, 2.75) is 52.2 Å². The molecule has 1 saturated heterocycles.